The van der Waals surface area contributed by atoms with Crippen molar-refractivity contribution < 1.29 is 37.1 Å². The van der Waals surface area contributed by atoms with E-state index in [2.05, 4.69) is 11.9 Å². The van der Waals surface area contributed by atoms with E-state index in [1.807, 2.05) is 20.8 Å². The molecule has 1 amide bonds. The van der Waals surface area contributed by atoms with Crippen LogP contribution in [0.25, 0.3) is 0 Å². The van der Waals surface area contributed by atoms with Gasteiger partial charge in [-0.05, 0) is 46.2 Å². The summed E-state index contributed by atoms with van der Waals surface area (Å²) in [5.41, 5.74) is 0.583. The summed E-state index contributed by atoms with van der Waals surface area (Å²) in [4.78, 5) is 36.5. The van der Waals surface area contributed by atoms with Gasteiger partial charge >= 0.3 is 20.7 Å². The topological polar surface area (TPSA) is 109 Å². The van der Waals surface area contributed by atoms with Crippen LogP contribution in [-0.2, 0) is 27.5 Å². The molecule has 0 fully saturated rings. The summed E-state index contributed by atoms with van der Waals surface area (Å²) in [5, 5.41) is 2.82. The third-order valence-corrected chi connectivity index (χ3v) is 7.48. The third kappa shape index (κ3) is 9.87. The van der Waals surface area contributed by atoms with Crippen LogP contribution >= 0.6 is 0 Å². The largest absolute Gasteiger partial charge is 0.500 e. The standard InChI is InChI=1S/C23H35NO8Si/c1-6-30-33(31-7-2,32-8-3)17-11-14-24-21(25)19-12-9-10-13-20(19)23(27)29-16-15-28-22(26)18(4)5/h9-10,12-13H,4,6-8,11,14-17H2,1-3,5H3,(H,24,25). The minimum atomic E-state index is -2.78. The lowest BCUT2D eigenvalue weighted by molar-refractivity contribution is -0.140. The number of nitrogens with one attached hydrogen (secondary N) is 1. The Morgan fingerprint density at radius 3 is 2.00 bits per heavy atom. The van der Waals surface area contributed by atoms with Crippen LogP contribution in [0.4, 0.5) is 0 Å². The monoisotopic (exact) mass is 481 g/mol. The summed E-state index contributed by atoms with van der Waals surface area (Å²) in [6, 6.07) is 6.93. The molecule has 0 atom stereocenters. The van der Waals surface area contributed by atoms with Crippen molar-refractivity contribution in [3.05, 3.63) is 47.5 Å². The quantitative estimate of drug-likeness (QED) is 0.166. The average molecular weight is 482 g/mol. The molecule has 0 unspecified atom stereocenters. The van der Waals surface area contributed by atoms with Crippen LogP contribution < -0.4 is 5.32 Å². The number of benzene rings is 1. The number of rotatable bonds is 16. The zero-order valence-corrected chi connectivity index (χ0v) is 20.9. The number of carbonyl (C=O) groups excluding carboxylic acids is 3. The molecule has 0 saturated carbocycles. The molecule has 184 valence electrons. The molecule has 1 N–H and O–H groups in total. The second-order valence-corrected chi connectivity index (χ2v) is 9.67. The molecule has 0 saturated heterocycles. The summed E-state index contributed by atoms with van der Waals surface area (Å²) in [5.74, 6) is -1.63. The van der Waals surface area contributed by atoms with Gasteiger partial charge in [0.05, 0.1) is 11.1 Å². The maximum atomic E-state index is 12.7. The van der Waals surface area contributed by atoms with Crippen LogP contribution in [0, 0.1) is 0 Å². The van der Waals surface area contributed by atoms with E-state index in [4.69, 9.17) is 22.8 Å². The fourth-order valence-electron chi connectivity index (χ4n) is 2.93. The molecular weight excluding hydrogens is 446 g/mol. The molecule has 1 aromatic carbocycles. The summed E-state index contributed by atoms with van der Waals surface area (Å²) in [6.45, 7) is 12.3. The molecular formula is C23H35NO8Si. The molecule has 0 aliphatic heterocycles. The summed E-state index contributed by atoms with van der Waals surface area (Å²) in [6.07, 6.45) is 0.596. The van der Waals surface area contributed by atoms with Gasteiger partial charge in [-0.15, -0.1) is 0 Å². The van der Waals surface area contributed by atoms with E-state index in [9.17, 15) is 14.4 Å². The molecule has 0 aromatic heterocycles. The highest BCUT2D eigenvalue weighted by Crippen LogP contribution is 2.18. The lowest BCUT2D eigenvalue weighted by atomic mass is 10.1. The minimum Gasteiger partial charge on any atom is -0.459 e. The second-order valence-electron chi connectivity index (χ2n) is 6.94. The van der Waals surface area contributed by atoms with Crippen molar-refractivity contribution in [1.82, 2.24) is 5.32 Å². The number of esters is 2. The van der Waals surface area contributed by atoms with E-state index < -0.39 is 26.7 Å². The highest BCUT2D eigenvalue weighted by atomic mass is 28.4. The summed E-state index contributed by atoms with van der Waals surface area (Å²) >= 11 is 0. The molecule has 0 aliphatic carbocycles. The zero-order valence-electron chi connectivity index (χ0n) is 19.9. The van der Waals surface area contributed by atoms with Gasteiger partial charge in [0.1, 0.15) is 13.2 Å². The molecule has 0 heterocycles. The van der Waals surface area contributed by atoms with Crippen molar-refractivity contribution in [3.63, 3.8) is 0 Å². The molecule has 0 radical (unpaired) electrons. The van der Waals surface area contributed by atoms with Crippen LogP contribution in [0.15, 0.2) is 36.4 Å². The first-order valence-corrected chi connectivity index (χ1v) is 13.0. The molecule has 33 heavy (non-hydrogen) atoms. The minimum absolute atomic E-state index is 0.100. The maximum Gasteiger partial charge on any atom is 0.500 e. The Morgan fingerprint density at radius 2 is 1.45 bits per heavy atom. The Morgan fingerprint density at radius 1 is 0.909 bits per heavy atom. The van der Waals surface area contributed by atoms with E-state index >= 15 is 0 Å². The SMILES string of the molecule is C=C(C)C(=O)OCCOC(=O)c1ccccc1C(=O)NCCC[Si](OCC)(OCC)OCC. The summed E-state index contributed by atoms with van der Waals surface area (Å²) in [7, 11) is -2.78. The van der Waals surface area contributed by atoms with Crippen molar-refractivity contribution >= 4 is 26.7 Å². The van der Waals surface area contributed by atoms with Crippen molar-refractivity contribution in [2.75, 3.05) is 39.6 Å². The van der Waals surface area contributed by atoms with E-state index in [1.165, 1.54) is 13.0 Å². The first-order chi connectivity index (χ1) is 15.8. The highest BCUT2D eigenvalue weighted by molar-refractivity contribution is 6.60. The van der Waals surface area contributed by atoms with E-state index in [-0.39, 0.29) is 29.9 Å². The van der Waals surface area contributed by atoms with Crippen LogP contribution in [-0.4, -0.2) is 66.2 Å². The van der Waals surface area contributed by atoms with Crippen LogP contribution in [0.5, 0.6) is 0 Å². The highest BCUT2D eigenvalue weighted by Gasteiger charge is 2.39. The number of carbonyl (C=O) groups is 3. The van der Waals surface area contributed by atoms with Gasteiger partial charge in [-0.3, -0.25) is 4.79 Å². The lowest BCUT2D eigenvalue weighted by Gasteiger charge is -2.28. The van der Waals surface area contributed by atoms with Gasteiger partial charge in [0.25, 0.3) is 5.91 Å². The van der Waals surface area contributed by atoms with Gasteiger partial charge in [0.2, 0.25) is 0 Å². The number of hydrogen-bond donors (Lipinski definition) is 1. The zero-order chi connectivity index (χ0) is 24.7. The third-order valence-electron chi connectivity index (χ3n) is 4.33. The Balaban J connectivity index is 2.63. The smallest absolute Gasteiger partial charge is 0.459 e. The number of hydrogen-bond acceptors (Lipinski definition) is 8. The van der Waals surface area contributed by atoms with Crippen molar-refractivity contribution in [3.8, 4) is 0 Å². The average Bonchev–Trinajstić information content (AvgIpc) is 2.79. The van der Waals surface area contributed by atoms with Crippen molar-refractivity contribution in [1.29, 1.82) is 0 Å². The van der Waals surface area contributed by atoms with E-state index in [0.29, 0.717) is 38.8 Å². The molecule has 1 aromatic rings. The Kier molecular flexibility index (Phi) is 13.2. The Labute approximate surface area is 196 Å². The second kappa shape index (κ2) is 15.3. The fourth-order valence-corrected chi connectivity index (χ4v) is 5.54. The first-order valence-electron chi connectivity index (χ1n) is 11.1. The predicted octanol–water partition coefficient (Wildman–Crippen LogP) is 3.13. The van der Waals surface area contributed by atoms with E-state index in [1.54, 1.807) is 18.2 Å². The molecule has 0 bridgehead atoms. The fraction of sp³-hybridized carbons (Fsp3) is 0.522. The molecule has 9 nitrogen and oxygen atoms in total. The Hall–Kier alpha value is -2.53. The van der Waals surface area contributed by atoms with E-state index in [0.717, 1.165) is 0 Å². The number of ether oxygens (including phenoxy) is 2. The molecule has 10 heteroatoms. The summed E-state index contributed by atoms with van der Waals surface area (Å²) < 4.78 is 27.5. The lowest BCUT2D eigenvalue weighted by Crippen LogP contribution is -2.46. The number of amides is 1. The maximum absolute atomic E-state index is 12.7. The van der Waals surface area contributed by atoms with Crippen molar-refractivity contribution in [2.45, 2.75) is 40.2 Å². The molecule has 0 spiro atoms. The van der Waals surface area contributed by atoms with Gasteiger partial charge < -0.3 is 28.1 Å². The van der Waals surface area contributed by atoms with Gasteiger partial charge in [0, 0.05) is 38.0 Å². The van der Waals surface area contributed by atoms with Crippen LogP contribution in [0.3, 0.4) is 0 Å². The molecule has 1 rings (SSSR count). The first kappa shape index (κ1) is 28.5. The predicted molar refractivity (Wildman–Crippen MR) is 125 cm³/mol. The van der Waals surface area contributed by atoms with Gasteiger partial charge in [0.15, 0.2) is 0 Å². The normalized spacial score (nSPS) is 11.0. The van der Waals surface area contributed by atoms with Crippen molar-refractivity contribution in [2.24, 2.45) is 0 Å². The van der Waals surface area contributed by atoms with Gasteiger partial charge in [-0.1, -0.05) is 18.7 Å². The van der Waals surface area contributed by atoms with Gasteiger partial charge in [-0.2, -0.15) is 0 Å². The Bertz CT molecular complexity index is 781. The van der Waals surface area contributed by atoms with Crippen LogP contribution in [0.1, 0.15) is 54.8 Å². The van der Waals surface area contributed by atoms with Crippen LogP contribution in [0.2, 0.25) is 6.04 Å². The molecule has 0 aliphatic rings. The van der Waals surface area contributed by atoms with Gasteiger partial charge in [-0.25, -0.2) is 9.59 Å².